The highest BCUT2D eigenvalue weighted by molar-refractivity contribution is 6.01. The van der Waals surface area contributed by atoms with Gasteiger partial charge in [0, 0.05) is 18.3 Å². The van der Waals surface area contributed by atoms with E-state index in [0.717, 1.165) is 5.69 Å². The lowest BCUT2D eigenvalue weighted by Crippen LogP contribution is -2.21. The Kier molecular flexibility index (Phi) is 3.82. The molecular weight excluding hydrogens is 246 g/mol. The van der Waals surface area contributed by atoms with E-state index in [-0.39, 0.29) is 17.5 Å². The Balaban J connectivity index is 2.27. The maximum Gasteiger partial charge on any atom is 0.271 e. The Labute approximate surface area is 110 Å². The van der Waals surface area contributed by atoms with Crippen LogP contribution in [0.25, 0.3) is 0 Å². The van der Waals surface area contributed by atoms with Crippen molar-refractivity contribution in [1.29, 1.82) is 0 Å². The van der Waals surface area contributed by atoms with Crippen molar-refractivity contribution >= 4 is 5.71 Å². The molecule has 0 bridgehead atoms. The van der Waals surface area contributed by atoms with Gasteiger partial charge in [0.15, 0.2) is 0 Å². The molecule has 1 N–H and O–H groups in total. The summed E-state index contributed by atoms with van der Waals surface area (Å²) in [6.07, 6.45) is 4.64. The molecule has 6 heteroatoms. The van der Waals surface area contributed by atoms with E-state index in [0.29, 0.717) is 0 Å². The number of aromatic nitrogens is 1. The van der Waals surface area contributed by atoms with Gasteiger partial charge < -0.3 is 5.11 Å². The average Bonchev–Trinajstić information content (AvgIpc) is 2.42. The Bertz CT molecular complexity index is 564. The number of hydrogen-bond donors (Lipinski definition) is 1. The second-order valence-corrected chi connectivity index (χ2v) is 4.11. The highest BCUT2D eigenvalue weighted by Gasteiger charge is 2.20. The molecule has 2 atom stereocenters. The van der Waals surface area contributed by atoms with E-state index in [4.69, 9.17) is 0 Å². The molecule has 0 saturated carbocycles. The molecule has 98 valence electrons. The van der Waals surface area contributed by atoms with Gasteiger partial charge in [-0.1, -0.05) is 6.07 Å². The molecule has 0 spiro atoms. The topological polar surface area (TPSA) is 88.6 Å². The van der Waals surface area contributed by atoms with Gasteiger partial charge in [0.2, 0.25) is 0 Å². The van der Waals surface area contributed by atoms with Crippen molar-refractivity contribution in [3.63, 3.8) is 0 Å². The van der Waals surface area contributed by atoms with Crippen LogP contribution in [0.15, 0.2) is 53.3 Å². The molecule has 1 aromatic heterocycles. The Morgan fingerprint density at radius 1 is 1.53 bits per heavy atom. The normalized spacial score (nSPS) is 22.1. The molecule has 6 nitrogen and oxygen atoms in total. The summed E-state index contributed by atoms with van der Waals surface area (Å²) < 4.78 is 0. The first-order chi connectivity index (χ1) is 9.08. The van der Waals surface area contributed by atoms with Gasteiger partial charge in [-0.2, -0.15) is 0 Å². The van der Waals surface area contributed by atoms with E-state index in [2.05, 4.69) is 9.98 Å². The number of pyridine rings is 1. The summed E-state index contributed by atoms with van der Waals surface area (Å²) in [5.74, 6) is 0. The summed E-state index contributed by atoms with van der Waals surface area (Å²) in [6, 6.07) is 5.18. The van der Waals surface area contributed by atoms with Crippen molar-refractivity contribution in [2.24, 2.45) is 4.99 Å². The zero-order chi connectivity index (χ0) is 13.8. The smallest absolute Gasteiger partial charge is 0.271 e. The van der Waals surface area contributed by atoms with E-state index in [1.165, 1.54) is 18.2 Å². The average molecular weight is 259 g/mol. The van der Waals surface area contributed by atoms with Crippen LogP contribution in [0.5, 0.6) is 0 Å². The fourth-order valence-electron chi connectivity index (χ4n) is 1.71. The largest absolute Gasteiger partial charge is 0.383 e. The summed E-state index contributed by atoms with van der Waals surface area (Å²) in [7, 11) is 0. The van der Waals surface area contributed by atoms with Gasteiger partial charge in [-0.3, -0.25) is 20.1 Å². The van der Waals surface area contributed by atoms with Crippen LogP contribution in [0, 0.1) is 10.1 Å². The van der Waals surface area contributed by atoms with Gasteiger partial charge in [0.1, 0.15) is 6.10 Å². The summed E-state index contributed by atoms with van der Waals surface area (Å²) in [5.41, 5.74) is 0.928. The summed E-state index contributed by atoms with van der Waals surface area (Å²) >= 11 is 0. The van der Waals surface area contributed by atoms with E-state index >= 15 is 0 Å². The molecule has 1 aromatic rings. The Hall–Kier alpha value is -2.34. The third-order valence-corrected chi connectivity index (χ3v) is 2.72. The first kappa shape index (κ1) is 13.1. The Morgan fingerprint density at radius 2 is 2.32 bits per heavy atom. The minimum Gasteiger partial charge on any atom is -0.383 e. The number of rotatable bonds is 3. The molecule has 0 amide bonds. The van der Waals surface area contributed by atoms with Crippen molar-refractivity contribution in [3.05, 3.63) is 64.1 Å². The van der Waals surface area contributed by atoms with Crippen LogP contribution in [0.1, 0.15) is 18.7 Å². The van der Waals surface area contributed by atoms with E-state index < -0.39 is 11.0 Å². The van der Waals surface area contributed by atoms with Crippen molar-refractivity contribution in [2.75, 3.05) is 0 Å². The van der Waals surface area contributed by atoms with Crippen molar-refractivity contribution in [3.8, 4) is 0 Å². The number of aliphatic hydroxyl groups is 1. The molecule has 1 aliphatic carbocycles. The maximum absolute atomic E-state index is 10.7. The zero-order valence-electron chi connectivity index (χ0n) is 10.3. The predicted octanol–water partition coefficient (Wildman–Crippen LogP) is 1.67. The lowest BCUT2D eigenvalue weighted by atomic mass is 10.1. The number of hydrogen-bond acceptors (Lipinski definition) is 5. The van der Waals surface area contributed by atoms with Crippen LogP contribution in [0.2, 0.25) is 0 Å². The van der Waals surface area contributed by atoms with Crippen LogP contribution in [-0.2, 0) is 0 Å². The standard InChI is InChI=1S/C13H13N3O3/c1-9(11-4-2-3-7-14-11)15-12-8-10(16(18)19)5-6-13(12)17/h2-9,13,17H,1H3. The number of aliphatic hydroxyl groups excluding tert-OH is 1. The molecule has 0 fully saturated rings. The van der Waals surface area contributed by atoms with Crippen LogP contribution in [-0.4, -0.2) is 26.8 Å². The van der Waals surface area contributed by atoms with Crippen molar-refractivity contribution in [1.82, 2.24) is 4.98 Å². The van der Waals surface area contributed by atoms with Gasteiger partial charge in [-0.25, -0.2) is 0 Å². The van der Waals surface area contributed by atoms with Crippen LogP contribution in [0.3, 0.4) is 0 Å². The zero-order valence-corrected chi connectivity index (χ0v) is 10.3. The molecule has 2 unspecified atom stereocenters. The second kappa shape index (κ2) is 5.53. The van der Waals surface area contributed by atoms with E-state index in [1.807, 2.05) is 19.1 Å². The molecule has 2 rings (SSSR count). The highest BCUT2D eigenvalue weighted by Crippen LogP contribution is 2.17. The molecule has 0 saturated heterocycles. The van der Waals surface area contributed by atoms with Crippen molar-refractivity contribution in [2.45, 2.75) is 19.1 Å². The molecule has 0 aliphatic heterocycles. The maximum atomic E-state index is 10.7. The van der Waals surface area contributed by atoms with E-state index in [9.17, 15) is 15.2 Å². The minimum absolute atomic E-state index is 0.0859. The minimum atomic E-state index is -0.921. The van der Waals surface area contributed by atoms with Gasteiger partial charge >= 0.3 is 0 Å². The van der Waals surface area contributed by atoms with Crippen LogP contribution in [0.4, 0.5) is 0 Å². The first-order valence-corrected chi connectivity index (χ1v) is 5.79. The molecule has 1 heterocycles. The third-order valence-electron chi connectivity index (χ3n) is 2.72. The molecule has 0 radical (unpaired) electrons. The Morgan fingerprint density at radius 3 is 2.95 bits per heavy atom. The summed E-state index contributed by atoms with van der Waals surface area (Å²) in [4.78, 5) is 18.6. The van der Waals surface area contributed by atoms with Gasteiger partial charge in [-0.05, 0) is 25.1 Å². The van der Waals surface area contributed by atoms with Crippen molar-refractivity contribution < 1.29 is 10.0 Å². The monoisotopic (exact) mass is 259 g/mol. The number of allylic oxidation sites excluding steroid dienone is 1. The predicted molar refractivity (Wildman–Crippen MR) is 70.3 cm³/mol. The van der Waals surface area contributed by atoms with Gasteiger partial charge in [-0.15, -0.1) is 0 Å². The molecule has 19 heavy (non-hydrogen) atoms. The summed E-state index contributed by atoms with van der Waals surface area (Å²) in [6.45, 7) is 1.82. The first-order valence-electron chi connectivity index (χ1n) is 5.79. The fraction of sp³-hybridized carbons (Fsp3) is 0.231. The number of nitrogens with zero attached hydrogens (tertiary/aromatic N) is 3. The number of nitro groups is 1. The van der Waals surface area contributed by atoms with E-state index in [1.54, 1.807) is 12.3 Å². The third kappa shape index (κ3) is 3.11. The van der Waals surface area contributed by atoms with Gasteiger partial charge in [0.05, 0.1) is 22.4 Å². The van der Waals surface area contributed by atoms with Crippen LogP contribution < -0.4 is 0 Å². The molecule has 1 aliphatic rings. The molecule has 0 aromatic carbocycles. The molecular formula is C13H13N3O3. The second-order valence-electron chi connectivity index (χ2n) is 4.11. The van der Waals surface area contributed by atoms with Gasteiger partial charge in [0.25, 0.3) is 5.70 Å². The lowest BCUT2D eigenvalue weighted by Gasteiger charge is -2.13. The van der Waals surface area contributed by atoms with Crippen LogP contribution >= 0.6 is 0 Å². The fourth-order valence-corrected chi connectivity index (χ4v) is 1.71. The number of aliphatic imine (C=N–C) groups is 1. The lowest BCUT2D eigenvalue weighted by molar-refractivity contribution is -0.419. The summed E-state index contributed by atoms with van der Waals surface area (Å²) in [5, 5.41) is 20.5. The quantitative estimate of drug-likeness (QED) is 0.660. The highest BCUT2D eigenvalue weighted by atomic mass is 16.6. The SMILES string of the molecule is CC(N=C1C=C([N+](=O)[O-])C=CC1O)c1ccccn1.